The average Bonchev–Trinajstić information content (AvgIpc) is 2.90. The summed E-state index contributed by atoms with van der Waals surface area (Å²) in [7, 11) is 0. The molecule has 1 aliphatic carbocycles. The number of aromatic nitrogens is 1. The van der Waals surface area contributed by atoms with Crippen LogP contribution in [0.15, 0.2) is 35.7 Å². The molecule has 2 atom stereocenters. The first-order valence-electron chi connectivity index (χ1n) is 8.04. The summed E-state index contributed by atoms with van der Waals surface area (Å²) in [5.41, 5.74) is 2.31. The van der Waals surface area contributed by atoms with Gasteiger partial charge in [-0.25, -0.2) is 4.98 Å². The van der Waals surface area contributed by atoms with Crippen LogP contribution in [0.3, 0.4) is 0 Å². The van der Waals surface area contributed by atoms with E-state index in [1.807, 2.05) is 6.07 Å². The monoisotopic (exact) mass is 300 g/mol. The fraction of sp³-hybridized carbons (Fsp3) is 0.500. The summed E-state index contributed by atoms with van der Waals surface area (Å²) in [6, 6.07) is 11.1. The third-order valence-corrected chi connectivity index (χ3v) is 5.27. The maximum absolute atomic E-state index is 4.76. The van der Waals surface area contributed by atoms with Crippen molar-refractivity contribution in [3.05, 3.63) is 40.7 Å². The number of nitrogens with zero attached hydrogens (tertiary/aromatic N) is 1. The molecule has 3 heteroatoms. The zero-order valence-electron chi connectivity index (χ0n) is 12.7. The maximum atomic E-state index is 4.76. The first-order chi connectivity index (χ1) is 10.3. The van der Waals surface area contributed by atoms with Crippen molar-refractivity contribution in [1.82, 2.24) is 10.3 Å². The minimum atomic E-state index is 0.680. The van der Waals surface area contributed by atoms with Crippen LogP contribution >= 0.6 is 11.3 Å². The highest BCUT2D eigenvalue weighted by Gasteiger charge is 2.16. The van der Waals surface area contributed by atoms with E-state index < -0.39 is 0 Å². The van der Waals surface area contributed by atoms with Gasteiger partial charge in [-0.15, -0.1) is 11.3 Å². The van der Waals surface area contributed by atoms with E-state index in [1.165, 1.54) is 42.7 Å². The van der Waals surface area contributed by atoms with Crippen molar-refractivity contribution in [2.45, 2.75) is 51.6 Å². The molecule has 1 saturated carbocycles. The van der Waals surface area contributed by atoms with Gasteiger partial charge in [-0.05, 0) is 25.2 Å². The highest BCUT2D eigenvalue weighted by molar-refractivity contribution is 7.09. The molecule has 0 aliphatic heterocycles. The SMILES string of the molecule is CC1CCCC(NCc2nc(-c3ccccc3)cs2)CC1. The van der Waals surface area contributed by atoms with Crippen LogP contribution in [0.1, 0.15) is 44.0 Å². The lowest BCUT2D eigenvalue weighted by Crippen LogP contribution is -2.27. The molecule has 0 spiro atoms. The first-order valence-corrected chi connectivity index (χ1v) is 8.92. The van der Waals surface area contributed by atoms with Gasteiger partial charge in [0.2, 0.25) is 0 Å². The predicted octanol–water partition coefficient (Wildman–Crippen LogP) is 4.87. The van der Waals surface area contributed by atoms with Crippen LogP contribution in [0, 0.1) is 5.92 Å². The molecule has 2 nitrogen and oxygen atoms in total. The smallest absolute Gasteiger partial charge is 0.107 e. The number of hydrogen-bond acceptors (Lipinski definition) is 3. The summed E-state index contributed by atoms with van der Waals surface area (Å²) in [5.74, 6) is 0.904. The van der Waals surface area contributed by atoms with Crippen molar-refractivity contribution in [2.75, 3.05) is 0 Å². The van der Waals surface area contributed by atoms with E-state index in [0.717, 1.165) is 18.2 Å². The van der Waals surface area contributed by atoms with Gasteiger partial charge in [0.05, 0.1) is 5.69 Å². The van der Waals surface area contributed by atoms with Gasteiger partial charge in [0, 0.05) is 23.5 Å². The Hall–Kier alpha value is -1.19. The molecule has 2 aromatic rings. The van der Waals surface area contributed by atoms with Crippen molar-refractivity contribution in [1.29, 1.82) is 0 Å². The molecule has 21 heavy (non-hydrogen) atoms. The van der Waals surface area contributed by atoms with Crippen LogP contribution in [-0.4, -0.2) is 11.0 Å². The Bertz CT molecular complexity index is 549. The van der Waals surface area contributed by atoms with E-state index in [2.05, 4.69) is 41.9 Å². The first kappa shape index (κ1) is 14.7. The molecule has 1 aromatic heterocycles. The van der Waals surface area contributed by atoms with Gasteiger partial charge >= 0.3 is 0 Å². The standard InChI is InChI=1S/C18H24N2S/c1-14-6-5-9-16(11-10-14)19-12-18-20-17(13-21-18)15-7-3-2-4-8-15/h2-4,7-8,13-14,16,19H,5-6,9-12H2,1H3. The second-order valence-corrected chi connectivity index (χ2v) is 7.13. The number of nitrogens with one attached hydrogen (secondary N) is 1. The second kappa shape index (κ2) is 7.19. The highest BCUT2D eigenvalue weighted by Crippen LogP contribution is 2.24. The van der Waals surface area contributed by atoms with Gasteiger partial charge in [0.1, 0.15) is 5.01 Å². The lowest BCUT2D eigenvalue weighted by molar-refractivity contribution is 0.447. The van der Waals surface area contributed by atoms with Crippen molar-refractivity contribution in [3.63, 3.8) is 0 Å². The van der Waals surface area contributed by atoms with Gasteiger partial charge in [-0.1, -0.05) is 50.1 Å². The Morgan fingerprint density at radius 1 is 1.14 bits per heavy atom. The Morgan fingerprint density at radius 2 is 2.00 bits per heavy atom. The molecular weight excluding hydrogens is 276 g/mol. The number of benzene rings is 1. The number of rotatable bonds is 4. The van der Waals surface area contributed by atoms with Gasteiger partial charge < -0.3 is 5.32 Å². The summed E-state index contributed by atoms with van der Waals surface area (Å²) >= 11 is 1.77. The molecule has 2 unspecified atom stereocenters. The molecule has 0 saturated heterocycles. The molecule has 1 aromatic carbocycles. The number of thiazole rings is 1. The molecule has 0 bridgehead atoms. The van der Waals surface area contributed by atoms with E-state index >= 15 is 0 Å². The van der Waals surface area contributed by atoms with Crippen molar-refractivity contribution in [3.8, 4) is 11.3 Å². The van der Waals surface area contributed by atoms with Crippen LogP contribution in [0.5, 0.6) is 0 Å². The Balaban J connectivity index is 1.55. The maximum Gasteiger partial charge on any atom is 0.107 e. The zero-order valence-corrected chi connectivity index (χ0v) is 13.5. The Labute approximate surface area is 131 Å². The fourth-order valence-electron chi connectivity index (χ4n) is 3.06. The van der Waals surface area contributed by atoms with Crippen LogP contribution in [0.25, 0.3) is 11.3 Å². The summed E-state index contributed by atoms with van der Waals surface area (Å²) in [6.07, 6.45) is 6.77. The van der Waals surface area contributed by atoms with Gasteiger partial charge in [-0.2, -0.15) is 0 Å². The van der Waals surface area contributed by atoms with Crippen LogP contribution < -0.4 is 5.32 Å². The molecule has 1 heterocycles. The lowest BCUT2D eigenvalue weighted by atomic mass is 10.0. The van der Waals surface area contributed by atoms with E-state index in [4.69, 9.17) is 4.98 Å². The minimum absolute atomic E-state index is 0.680. The summed E-state index contributed by atoms with van der Waals surface area (Å²) < 4.78 is 0. The second-order valence-electron chi connectivity index (χ2n) is 6.18. The number of hydrogen-bond donors (Lipinski definition) is 1. The van der Waals surface area contributed by atoms with Gasteiger partial charge in [0.15, 0.2) is 0 Å². The topological polar surface area (TPSA) is 24.9 Å². The van der Waals surface area contributed by atoms with Crippen molar-refractivity contribution < 1.29 is 0 Å². The Morgan fingerprint density at radius 3 is 2.86 bits per heavy atom. The van der Waals surface area contributed by atoms with E-state index in [9.17, 15) is 0 Å². The van der Waals surface area contributed by atoms with Crippen molar-refractivity contribution >= 4 is 11.3 Å². The van der Waals surface area contributed by atoms with Gasteiger partial charge in [-0.3, -0.25) is 0 Å². The third kappa shape index (κ3) is 4.14. The van der Waals surface area contributed by atoms with Crippen molar-refractivity contribution in [2.24, 2.45) is 5.92 Å². The molecule has 3 rings (SSSR count). The van der Waals surface area contributed by atoms with Crippen LogP contribution in [0.2, 0.25) is 0 Å². The fourth-order valence-corrected chi connectivity index (χ4v) is 3.81. The molecular formula is C18H24N2S. The van der Waals surface area contributed by atoms with E-state index in [0.29, 0.717) is 6.04 Å². The van der Waals surface area contributed by atoms with E-state index in [1.54, 1.807) is 11.3 Å². The quantitative estimate of drug-likeness (QED) is 0.815. The molecule has 1 N–H and O–H groups in total. The van der Waals surface area contributed by atoms with Crippen LogP contribution in [-0.2, 0) is 6.54 Å². The summed E-state index contributed by atoms with van der Waals surface area (Å²) in [6.45, 7) is 3.30. The van der Waals surface area contributed by atoms with Crippen LogP contribution in [0.4, 0.5) is 0 Å². The molecule has 1 aliphatic rings. The lowest BCUT2D eigenvalue weighted by Gasteiger charge is -2.15. The predicted molar refractivity (Wildman–Crippen MR) is 90.4 cm³/mol. The zero-order chi connectivity index (χ0) is 14.5. The summed E-state index contributed by atoms with van der Waals surface area (Å²) in [5, 5.41) is 7.08. The molecule has 1 fully saturated rings. The Kier molecular flexibility index (Phi) is 5.04. The largest absolute Gasteiger partial charge is 0.308 e. The summed E-state index contributed by atoms with van der Waals surface area (Å²) in [4.78, 5) is 4.76. The minimum Gasteiger partial charge on any atom is -0.308 e. The van der Waals surface area contributed by atoms with E-state index in [-0.39, 0.29) is 0 Å². The molecule has 112 valence electrons. The molecule has 0 radical (unpaired) electrons. The third-order valence-electron chi connectivity index (χ3n) is 4.42. The molecule has 0 amide bonds. The average molecular weight is 300 g/mol. The normalized spacial score (nSPS) is 22.9. The van der Waals surface area contributed by atoms with Gasteiger partial charge in [0.25, 0.3) is 0 Å². The highest BCUT2D eigenvalue weighted by atomic mass is 32.1.